The number of hydrogen-bond acceptors (Lipinski definition) is 4. The van der Waals surface area contributed by atoms with E-state index in [0.29, 0.717) is 13.0 Å². The number of hydrogen-bond donors (Lipinski definition) is 1. The molecule has 0 aromatic carbocycles. The van der Waals surface area contributed by atoms with Crippen LogP contribution in [-0.4, -0.2) is 31.3 Å². The Morgan fingerprint density at radius 2 is 2.14 bits per heavy atom. The number of nitrogens with two attached hydrogens (primary N) is 1. The van der Waals surface area contributed by atoms with Gasteiger partial charge in [-0.3, -0.25) is 4.79 Å². The van der Waals surface area contributed by atoms with E-state index in [2.05, 4.69) is 0 Å². The van der Waals surface area contributed by atoms with E-state index in [-0.39, 0.29) is 17.5 Å². The Morgan fingerprint density at radius 1 is 1.57 bits per heavy atom. The standard InChI is InChI=1S/C10H19NO3/c1-5-14-7-6-10(11,8(12)13-4)9(7,2)3/h7H,5-6,11H2,1-4H3/t7-,10+/m1/s1. The van der Waals surface area contributed by atoms with Crippen LogP contribution in [-0.2, 0) is 14.3 Å². The SMILES string of the molecule is CCO[C@@H]1C[C@](N)(C(=O)OC)C1(C)C. The van der Waals surface area contributed by atoms with Crippen molar-refractivity contribution in [1.29, 1.82) is 0 Å². The van der Waals surface area contributed by atoms with Crippen LogP contribution in [0.2, 0.25) is 0 Å². The second kappa shape index (κ2) is 3.51. The van der Waals surface area contributed by atoms with Gasteiger partial charge in [-0.25, -0.2) is 0 Å². The molecular formula is C10H19NO3. The average molecular weight is 201 g/mol. The third-order valence-corrected chi connectivity index (χ3v) is 3.38. The van der Waals surface area contributed by atoms with Crippen LogP contribution >= 0.6 is 0 Å². The Morgan fingerprint density at radius 3 is 2.50 bits per heavy atom. The lowest BCUT2D eigenvalue weighted by Crippen LogP contribution is -2.73. The zero-order valence-electron chi connectivity index (χ0n) is 9.29. The molecule has 2 N–H and O–H groups in total. The zero-order valence-corrected chi connectivity index (χ0v) is 9.29. The van der Waals surface area contributed by atoms with Crippen LogP contribution in [0.15, 0.2) is 0 Å². The van der Waals surface area contributed by atoms with Gasteiger partial charge in [0, 0.05) is 18.4 Å². The fraction of sp³-hybridized carbons (Fsp3) is 0.900. The van der Waals surface area contributed by atoms with Crippen molar-refractivity contribution in [3.63, 3.8) is 0 Å². The van der Waals surface area contributed by atoms with Gasteiger partial charge in [-0.1, -0.05) is 13.8 Å². The van der Waals surface area contributed by atoms with E-state index in [1.807, 2.05) is 20.8 Å². The maximum absolute atomic E-state index is 11.5. The summed E-state index contributed by atoms with van der Waals surface area (Å²) in [4.78, 5) is 11.5. The topological polar surface area (TPSA) is 61.5 Å². The quantitative estimate of drug-likeness (QED) is 0.682. The maximum Gasteiger partial charge on any atom is 0.326 e. The van der Waals surface area contributed by atoms with Crippen molar-refractivity contribution in [2.45, 2.75) is 38.8 Å². The first-order chi connectivity index (χ1) is 6.40. The molecule has 1 aliphatic rings. The van der Waals surface area contributed by atoms with Crippen molar-refractivity contribution in [3.8, 4) is 0 Å². The van der Waals surface area contributed by atoms with Gasteiger partial charge in [0.15, 0.2) is 0 Å². The predicted octanol–water partition coefficient (Wildman–Crippen LogP) is 0.692. The molecule has 0 heterocycles. The van der Waals surface area contributed by atoms with Crippen molar-refractivity contribution >= 4 is 5.97 Å². The number of methoxy groups -OCH3 is 1. The molecular weight excluding hydrogens is 182 g/mol. The third kappa shape index (κ3) is 1.33. The summed E-state index contributed by atoms with van der Waals surface area (Å²) in [6.07, 6.45) is 0.595. The Labute approximate surface area is 84.7 Å². The molecule has 4 nitrogen and oxygen atoms in total. The van der Waals surface area contributed by atoms with Crippen molar-refractivity contribution in [1.82, 2.24) is 0 Å². The minimum Gasteiger partial charge on any atom is -0.468 e. The predicted molar refractivity (Wildman–Crippen MR) is 52.7 cm³/mol. The van der Waals surface area contributed by atoms with Crippen LogP contribution in [0.5, 0.6) is 0 Å². The smallest absolute Gasteiger partial charge is 0.326 e. The normalized spacial score (nSPS) is 34.8. The van der Waals surface area contributed by atoms with Crippen LogP contribution in [0.1, 0.15) is 27.2 Å². The highest BCUT2D eigenvalue weighted by Gasteiger charge is 2.63. The lowest BCUT2D eigenvalue weighted by atomic mass is 9.54. The minimum atomic E-state index is -0.887. The largest absolute Gasteiger partial charge is 0.468 e. The van der Waals surface area contributed by atoms with Crippen LogP contribution in [0.4, 0.5) is 0 Å². The zero-order chi connectivity index (χ0) is 11.0. The summed E-state index contributed by atoms with van der Waals surface area (Å²) in [6, 6.07) is 0. The van der Waals surface area contributed by atoms with E-state index in [1.165, 1.54) is 7.11 Å². The second-order valence-corrected chi connectivity index (χ2v) is 4.33. The number of rotatable bonds is 3. The molecule has 0 aromatic heterocycles. The van der Waals surface area contributed by atoms with Gasteiger partial charge in [-0.15, -0.1) is 0 Å². The molecule has 0 spiro atoms. The highest BCUT2D eigenvalue weighted by molar-refractivity contribution is 5.83. The van der Waals surface area contributed by atoms with E-state index in [0.717, 1.165) is 0 Å². The van der Waals surface area contributed by atoms with E-state index in [1.54, 1.807) is 0 Å². The third-order valence-electron chi connectivity index (χ3n) is 3.38. The molecule has 1 fully saturated rings. The summed E-state index contributed by atoms with van der Waals surface area (Å²) in [5.41, 5.74) is 4.76. The summed E-state index contributed by atoms with van der Waals surface area (Å²) in [7, 11) is 1.36. The molecule has 0 bridgehead atoms. The molecule has 1 aliphatic carbocycles. The average Bonchev–Trinajstić information content (AvgIpc) is 2.16. The summed E-state index contributed by atoms with van der Waals surface area (Å²) in [5, 5.41) is 0. The first-order valence-corrected chi connectivity index (χ1v) is 4.89. The van der Waals surface area contributed by atoms with Crippen molar-refractivity contribution in [2.24, 2.45) is 11.1 Å². The first-order valence-electron chi connectivity index (χ1n) is 4.89. The lowest BCUT2D eigenvalue weighted by molar-refractivity contribution is -0.187. The van der Waals surface area contributed by atoms with Gasteiger partial charge in [0.2, 0.25) is 0 Å². The van der Waals surface area contributed by atoms with Gasteiger partial charge < -0.3 is 15.2 Å². The van der Waals surface area contributed by atoms with Gasteiger partial charge >= 0.3 is 5.97 Å². The second-order valence-electron chi connectivity index (χ2n) is 4.33. The number of carbonyl (C=O) groups is 1. The Hall–Kier alpha value is -0.610. The van der Waals surface area contributed by atoms with Crippen LogP contribution in [0.25, 0.3) is 0 Å². The highest BCUT2D eigenvalue weighted by Crippen LogP contribution is 2.50. The number of ether oxygens (including phenoxy) is 2. The molecule has 82 valence electrons. The fourth-order valence-corrected chi connectivity index (χ4v) is 1.96. The van der Waals surface area contributed by atoms with Gasteiger partial charge in [-0.2, -0.15) is 0 Å². The number of esters is 1. The molecule has 0 aromatic rings. The van der Waals surface area contributed by atoms with Crippen LogP contribution in [0, 0.1) is 5.41 Å². The molecule has 4 heteroatoms. The van der Waals surface area contributed by atoms with E-state index in [4.69, 9.17) is 15.2 Å². The molecule has 1 rings (SSSR count). The monoisotopic (exact) mass is 201 g/mol. The molecule has 14 heavy (non-hydrogen) atoms. The van der Waals surface area contributed by atoms with Gasteiger partial charge in [0.1, 0.15) is 5.54 Å². The van der Waals surface area contributed by atoms with E-state index >= 15 is 0 Å². The summed E-state index contributed by atoms with van der Waals surface area (Å²) >= 11 is 0. The highest BCUT2D eigenvalue weighted by atomic mass is 16.5. The molecule has 0 radical (unpaired) electrons. The Bertz CT molecular complexity index is 240. The molecule has 0 aliphatic heterocycles. The van der Waals surface area contributed by atoms with Gasteiger partial charge in [0.25, 0.3) is 0 Å². The van der Waals surface area contributed by atoms with Crippen molar-refractivity contribution in [2.75, 3.05) is 13.7 Å². The molecule has 0 unspecified atom stereocenters. The fourth-order valence-electron chi connectivity index (χ4n) is 1.96. The molecule has 0 saturated heterocycles. The maximum atomic E-state index is 11.5. The summed E-state index contributed by atoms with van der Waals surface area (Å²) < 4.78 is 10.2. The Kier molecular flexibility index (Phi) is 2.88. The minimum absolute atomic E-state index is 0.0524. The van der Waals surface area contributed by atoms with Gasteiger partial charge in [-0.05, 0) is 6.92 Å². The molecule has 2 atom stereocenters. The van der Waals surface area contributed by atoms with E-state index < -0.39 is 5.54 Å². The summed E-state index contributed by atoms with van der Waals surface area (Å²) in [6.45, 7) is 6.46. The van der Waals surface area contributed by atoms with Gasteiger partial charge in [0.05, 0.1) is 13.2 Å². The summed E-state index contributed by atoms with van der Waals surface area (Å²) in [5.74, 6) is -0.349. The molecule has 0 amide bonds. The Balaban J connectivity index is 2.74. The van der Waals surface area contributed by atoms with Crippen molar-refractivity contribution in [3.05, 3.63) is 0 Å². The van der Waals surface area contributed by atoms with E-state index in [9.17, 15) is 4.79 Å². The molecule has 1 saturated carbocycles. The van der Waals surface area contributed by atoms with Crippen LogP contribution < -0.4 is 5.73 Å². The lowest BCUT2D eigenvalue weighted by Gasteiger charge is -2.56. The first kappa shape index (κ1) is 11.5. The van der Waals surface area contributed by atoms with Crippen LogP contribution in [0.3, 0.4) is 0 Å². The number of carbonyl (C=O) groups excluding carboxylic acids is 1. The van der Waals surface area contributed by atoms with Crippen molar-refractivity contribution < 1.29 is 14.3 Å².